The molecule has 0 bridgehead atoms. The summed E-state index contributed by atoms with van der Waals surface area (Å²) in [6.07, 6.45) is 4.90. The molecular formula is C14H24ClN. The van der Waals surface area contributed by atoms with Crippen LogP contribution >= 0.6 is 12.4 Å². The van der Waals surface area contributed by atoms with E-state index >= 15 is 0 Å². The molecule has 0 aliphatic carbocycles. The molecule has 0 saturated heterocycles. The van der Waals surface area contributed by atoms with Crippen molar-refractivity contribution in [2.45, 2.75) is 52.5 Å². The zero-order chi connectivity index (χ0) is 11.3. The number of unbranched alkanes of at least 4 members (excludes halogenated alkanes) is 2. The van der Waals surface area contributed by atoms with Crippen molar-refractivity contribution in [3.63, 3.8) is 0 Å². The lowest BCUT2D eigenvalue weighted by atomic mass is 9.96. The Balaban J connectivity index is 0.00000225. The van der Waals surface area contributed by atoms with Gasteiger partial charge in [-0.3, -0.25) is 0 Å². The zero-order valence-electron chi connectivity index (χ0n) is 10.6. The Labute approximate surface area is 106 Å². The number of benzene rings is 1. The van der Waals surface area contributed by atoms with E-state index in [2.05, 4.69) is 39.0 Å². The summed E-state index contributed by atoms with van der Waals surface area (Å²) >= 11 is 0. The number of aryl methyl sites for hydroxylation is 2. The van der Waals surface area contributed by atoms with Crippen LogP contribution in [0.2, 0.25) is 0 Å². The van der Waals surface area contributed by atoms with Gasteiger partial charge in [-0.15, -0.1) is 12.4 Å². The maximum Gasteiger partial charge on any atom is 0.0297 e. The van der Waals surface area contributed by atoms with Gasteiger partial charge in [-0.2, -0.15) is 0 Å². The minimum Gasteiger partial charge on any atom is -0.324 e. The van der Waals surface area contributed by atoms with E-state index in [0.717, 1.165) is 6.42 Å². The van der Waals surface area contributed by atoms with E-state index in [1.807, 2.05) is 0 Å². The fraction of sp³-hybridized carbons (Fsp3) is 0.571. The van der Waals surface area contributed by atoms with Crippen LogP contribution in [0.3, 0.4) is 0 Å². The molecule has 0 heterocycles. The number of rotatable bonds is 5. The van der Waals surface area contributed by atoms with E-state index in [9.17, 15) is 0 Å². The first kappa shape index (κ1) is 15.5. The van der Waals surface area contributed by atoms with Crippen LogP contribution in [0.25, 0.3) is 0 Å². The van der Waals surface area contributed by atoms with Gasteiger partial charge in [-0.25, -0.2) is 0 Å². The number of hydrogen-bond donors (Lipinski definition) is 1. The van der Waals surface area contributed by atoms with Crippen molar-refractivity contribution >= 4 is 12.4 Å². The number of halogens is 1. The summed E-state index contributed by atoms with van der Waals surface area (Å²) in [5, 5.41) is 0. The Kier molecular flexibility index (Phi) is 7.44. The first-order valence-electron chi connectivity index (χ1n) is 5.98. The summed E-state index contributed by atoms with van der Waals surface area (Å²) < 4.78 is 0. The second-order valence-electron chi connectivity index (χ2n) is 4.46. The van der Waals surface area contributed by atoms with Gasteiger partial charge in [0.1, 0.15) is 0 Å². The Morgan fingerprint density at radius 3 is 2.44 bits per heavy atom. The second kappa shape index (κ2) is 7.70. The van der Waals surface area contributed by atoms with Crippen molar-refractivity contribution in [3.05, 3.63) is 34.9 Å². The van der Waals surface area contributed by atoms with Gasteiger partial charge in [-0.05, 0) is 31.4 Å². The van der Waals surface area contributed by atoms with Crippen LogP contribution in [-0.4, -0.2) is 0 Å². The van der Waals surface area contributed by atoms with Gasteiger partial charge in [0.05, 0.1) is 0 Å². The predicted octanol–water partition coefficient (Wildman–Crippen LogP) is 4.31. The summed E-state index contributed by atoms with van der Waals surface area (Å²) in [6, 6.07) is 6.77. The fourth-order valence-corrected chi connectivity index (χ4v) is 2.01. The maximum atomic E-state index is 6.19. The Hall–Kier alpha value is -0.530. The monoisotopic (exact) mass is 241 g/mol. The third kappa shape index (κ3) is 4.54. The van der Waals surface area contributed by atoms with Crippen molar-refractivity contribution in [3.8, 4) is 0 Å². The number of nitrogens with two attached hydrogens (primary N) is 1. The predicted molar refractivity (Wildman–Crippen MR) is 74.2 cm³/mol. The molecule has 0 unspecified atom stereocenters. The molecule has 16 heavy (non-hydrogen) atoms. The Bertz CT molecular complexity index is 310. The van der Waals surface area contributed by atoms with Crippen molar-refractivity contribution < 1.29 is 0 Å². The fourth-order valence-electron chi connectivity index (χ4n) is 2.01. The van der Waals surface area contributed by atoms with Gasteiger partial charge in [0, 0.05) is 6.04 Å². The minimum absolute atomic E-state index is 0. The van der Waals surface area contributed by atoms with E-state index in [1.54, 1.807) is 0 Å². The van der Waals surface area contributed by atoms with Crippen LogP contribution < -0.4 is 5.73 Å². The standard InChI is InChI=1S/C14H23N.ClH/c1-4-5-6-7-14(15)13-9-8-11(2)10-12(13)3;/h8-10,14H,4-7,15H2,1-3H3;1H/t14-;/m1./s1. The van der Waals surface area contributed by atoms with Crippen molar-refractivity contribution in [2.75, 3.05) is 0 Å². The van der Waals surface area contributed by atoms with Crippen LogP contribution in [0.15, 0.2) is 18.2 Å². The second-order valence-corrected chi connectivity index (χ2v) is 4.46. The average Bonchev–Trinajstić information content (AvgIpc) is 2.17. The molecule has 1 nitrogen and oxygen atoms in total. The molecule has 0 spiro atoms. The third-order valence-corrected chi connectivity index (χ3v) is 2.94. The first-order valence-corrected chi connectivity index (χ1v) is 5.98. The van der Waals surface area contributed by atoms with Gasteiger partial charge in [0.15, 0.2) is 0 Å². The highest BCUT2D eigenvalue weighted by Crippen LogP contribution is 2.21. The lowest BCUT2D eigenvalue weighted by molar-refractivity contribution is 0.579. The zero-order valence-corrected chi connectivity index (χ0v) is 11.4. The highest BCUT2D eigenvalue weighted by molar-refractivity contribution is 5.85. The van der Waals surface area contributed by atoms with E-state index in [1.165, 1.54) is 36.0 Å². The van der Waals surface area contributed by atoms with Gasteiger partial charge < -0.3 is 5.73 Å². The molecule has 0 aromatic heterocycles. The smallest absolute Gasteiger partial charge is 0.0297 e. The summed E-state index contributed by atoms with van der Waals surface area (Å²) in [5.41, 5.74) is 10.2. The largest absolute Gasteiger partial charge is 0.324 e. The highest BCUT2D eigenvalue weighted by Gasteiger charge is 2.07. The normalized spacial score (nSPS) is 12.0. The summed E-state index contributed by atoms with van der Waals surface area (Å²) in [4.78, 5) is 0. The first-order chi connectivity index (χ1) is 7.15. The number of hydrogen-bond acceptors (Lipinski definition) is 1. The molecule has 0 aliphatic rings. The van der Waals surface area contributed by atoms with Crippen LogP contribution in [0.1, 0.15) is 55.3 Å². The molecule has 0 amide bonds. The summed E-state index contributed by atoms with van der Waals surface area (Å²) in [7, 11) is 0. The van der Waals surface area contributed by atoms with E-state index in [0.29, 0.717) is 0 Å². The van der Waals surface area contributed by atoms with E-state index < -0.39 is 0 Å². The molecule has 2 N–H and O–H groups in total. The molecule has 2 heteroatoms. The van der Waals surface area contributed by atoms with Crippen LogP contribution in [0.4, 0.5) is 0 Å². The van der Waals surface area contributed by atoms with E-state index in [4.69, 9.17) is 5.73 Å². The van der Waals surface area contributed by atoms with Crippen LogP contribution in [-0.2, 0) is 0 Å². The lowest BCUT2D eigenvalue weighted by Gasteiger charge is -2.15. The molecule has 1 aromatic rings. The third-order valence-electron chi connectivity index (χ3n) is 2.94. The Morgan fingerprint density at radius 2 is 1.88 bits per heavy atom. The summed E-state index contributed by atoms with van der Waals surface area (Å²) in [5.74, 6) is 0. The van der Waals surface area contributed by atoms with Crippen LogP contribution in [0.5, 0.6) is 0 Å². The van der Waals surface area contributed by atoms with Crippen molar-refractivity contribution in [2.24, 2.45) is 5.73 Å². The average molecular weight is 242 g/mol. The quantitative estimate of drug-likeness (QED) is 0.764. The highest BCUT2D eigenvalue weighted by atomic mass is 35.5. The Morgan fingerprint density at radius 1 is 1.19 bits per heavy atom. The van der Waals surface area contributed by atoms with Crippen molar-refractivity contribution in [1.82, 2.24) is 0 Å². The lowest BCUT2D eigenvalue weighted by Crippen LogP contribution is -2.11. The molecule has 1 aromatic carbocycles. The molecule has 0 fully saturated rings. The minimum atomic E-state index is 0. The van der Waals surface area contributed by atoms with E-state index in [-0.39, 0.29) is 18.4 Å². The molecule has 92 valence electrons. The SMILES string of the molecule is CCCCC[C@@H](N)c1ccc(C)cc1C.Cl. The van der Waals surface area contributed by atoms with Gasteiger partial charge in [0.2, 0.25) is 0 Å². The van der Waals surface area contributed by atoms with Crippen molar-refractivity contribution in [1.29, 1.82) is 0 Å². The summed E-state index contributed by atoms with van der Waals surface area (Å²) in [6.45, 7) is 6.50. The molecule has 0 aliphatic heterocycles. The van der Waals surface area contributed by atoms with Gasteiger partial charge in [-0.1, -0.05) is 49.9 Å². The van der Waals surface area contributed by atoms with Gasteiger partial charge in [0.25, 0.3) is 0 Å². The molecule has 1 atom stereocenters. The topological polar surface area (TPSA) is 26.0 Å². The van der Waals surface area contributed by atoms with Gasteiger partial charge >= 0.3 is 0 Å². The molecule has 1 rings (SSSR count). The molecular weight excluding hydrogens is 218 g/mol. The maximum absolute atomic E-state index is 6.19. The molecule has 0 saturated carbocycles. The van der Waals surface area contributed by atoms with Crippen LogP contribution in [0, 0.1) is 13.8 Å². The molecule has 0 radical (unpaired) electrons.